The van der Waals surface area contributed by atoms with Crippen molar-refractivity contribution in [2.75, 3.05) is 14.1 Å². The molecule has 2 rings (SSSR count). The molecule has 1 aromatic carbocycles. The molecule has 2 atom stereocenters. The van der Waals surface area contributed by atoms with Crippen molar-refractivity contribution in [2.45, 2.75) is 64.1 Å². The highest BCUT2D eigenvalue weighted by molar-refractivity contribution is 5.25. The van der Waals surface area contributed by atoms with Crippen LogP contribution < -0.4 is 5.32 Å². The largest absolute Gasteiger partial charge is 0.315 e. The van der Waals surface area contributed by atoms with Crippen molar-refractivity contribution in [3.8, 4) is 0 Å². The normalized spacial score (nSPS) is 24.4. The van der Waals surface area contributed by atoms with Crippen molar-refractivity contribution in [1.29, 1.82) is 0 Å². The second-order valence-corrected chi connectivity index (χ2v) is 6.30. The molecule has 1 aliphatic rings. The van der Waals surface area contributed by atoms with E-state index in [0.717, 1.165) is 6.54 Å². The van der Waals surface area contributed by atoms with Crippen LogP contribution in [0.15, 0.2) is 24.3 Å². The average molecular weight is 274 g/mol. The SMILES string of the molecule is CNC1CCCCCCC1N(C)Cc1ccccc1C. The van der Waals surface area contributed by atoms with E-state index in [0.29, 0.717) is 12.1 Å². The molecule has 0 saturated heterocycles. The minimum atomic E-state index is 0.643. The number of benzene rings is 1. The predicted octanol–water partition coefficient (Wildman–Crippen LogP) is 3.74. The van der Waals surface area contributed by atoms with Gasteiger partial charge >= 0.3 is 0 Å². The topological polar surface area (TPSA) is 15.3 Å². The maximum absolute atomic E-state index is 3.56. The van der Waals surface area contributed by atoms with Gasteiger partial charge in [0.1, 0.15) is 0 Å². The van der Waals surface area contributed by atoms with Gasteiger partial charge in [0.25, 0.3) is 0 Å². The number of rotatable bonds is 4. The van der Waals surface area contributed by atoms with E-state index in [1.165, 1.54) is 49.7 Å². The standard InChI is InChI=1S/C18H30N2/c1-15-10-8-9-11-16(15)14-20(3)18-13-7-5-4-6-12-17(18)19-2/h8-11,17-19H,4-7,12-14H2,1-3H3. The molecule has 0 aliphatic heterocycles. The van der Waals surface area contributed by atoms with E-state index in [9.17, 15) is 0 Å². The Hall–Kier alpha value is -0.860. The number of hydrogen-bond acceptors (Lipinski definition) is 2. The van der Waals surface area contributed by atoms with Crippen molar-refractivity contribution >= 4 is 0 Å². The molecular weight excluding hydrogens is 244 g/mol. The summed E-state index contributed by atoms with van der Waals surface area (Å²) in [4.78, 5) is 2.56. The zero-order chi connectivity index (χ0) is 14.4. The second-order valence-electron chi connectivity index (χ2n) is 6.30. The Bertz CT molecular complexity index is 402. The number of likely N-dealkylation sites (N-methyl/N-ethyl adjacent to an activating group) is 2. The molecule has 0 heterocycles. The Morgan fingerprint density at radius 1 is 1.10 bits per heavy atom. The second kappa shape index (κ2) is 7.80. The Morgan fingerprint density at radius 3 is 2.50 bits per heavy atom. The molecule has 0 amide bonds. The van der Waals surface area contributed by atoms with E-state index >= 15 is 0 Å². The van der Waals surface area contributed by atoms with Gasteiger partial charge in [-0.3, -0.25) is 4.90 Å². The van der Waals surface area contributed by atoms with Gasteiger partial charge in [0.15, 0.2) is 0 Å². The van der Waals surface area contributed by atoms with Crippen LogP contribution in [0.25, 0.3) is 0 Å². The van der Waals surface area contributed by atoms with Crippen LogP contribution in [0, 0.1) is 6.92 Å². The van der Waals surface area contributed by atoms with Gasteiger partial charge in [-0.1, -0.05) is 49.9 Å². The lowest BCUT2D eigenvalue weighted by Crippen LogP contribution is -2.47. The molecule has 1 fully saturated rings. The number of nitrogens with zero attached hydrogens (tertiary/aromatic N) is 1. The molecule has 0 radical (unpaired) electrons. The van der Waals surface area contributed by atoms with Crippen molar-refractivity contribution in [2.24, 2.45) is 0 Å². The monoisotopic (exact) mass is 274 g/mol. The van der Waals surface area contributed by atoms with E-state index in [-0.39, 0.29) is 0 Å². The van der Waals surface area contributed by atoms with Crippen LogP contribution in [0.2, 0.25) is 0 Å². The molecule has 20 heavy (non-hydrogen) atoms. The zero-order valence-electron chi connectivity index (χ0n) is 13.4. The van der Waals surface area contributed by atoms with Gasteiger partial charge in [-0.15, -0.1) is 0 Å². The molecule has 1 aliphatic carbocycles. The van der Waals surface area contributed by atoms with E-state index in [2.05, 4.69) is 55.5 Å². The van der Waals surface area contributed by atoms with Crippen LogP contribution in [-0.2, 0) is 6.54 Å². The molecule has 2 unspecified atom stereocenters. The summed E-state index contributed by atoms with van der Waals surface area (Å²) in [5.74, 6) is 0. The first-order valence-electron chi connectivity index (χ1n) is 8.14. The third-order valence-electron chi connectivity index (χ3n) is 4.85. The van der Waals surface area contributed by atoms with Crippen molar-refractivity contribution < 1.29 is 0 Å². The Kier molecular flexibility index (Phi) is 6.06. The highest BCUT2D eigenvalue weighted by Gasteiger charge is 2.25. The Balaban J connectivity index is 2.04. The predicted molar refractivity (Wildman–Crippen MR) is 87.0 cm³/mol. The fourth-order valence-electron chi connectivity index (χ4n) is 3.50. The molecule has 0 spiro atoms. The van der Waals surface area contributed by atoms with E-state index in [1.807, 2.05) is 0 Å². The van der Waals surface area contributed by atoms with Crippen molar-refractivity contribution in [3.63, 3.8) is 0 Å². The van der Waals surface area contributed by atoms with Crippen LogP contribution in [0.1, 0.15) is 49.7 Å². The summed E-state index contributed by atoms with van der Waals surface area (Å²) in [7, 11) is 4.42. The van der Waals surface area contributed by atoms with E-state index in [1.54, 1.807) is 0 Å². The quantitative estimate of drug-likeness (QED) is 0.900. The molecule has 2 nitrogen and oxygen atoms in total. The van der Waals surface area contributed by atoms with Crippen LogP contribution in [0.4, 0.5) is 0 Å². The lowest BCUT2D eigenvalue weighted by Gasteiger charge is -2.36. The minimum Gasteiger partial charge on any atom is -0.315 e. The lowest BCUT2D eigenvalue weighted by atomic mass is 9.91. The summed E-state index contributed by atoms with van der Waals surface area (Å²) < 4.78 is 0. The van der Waals surface area contributed by atoms with Crippen LogP contribution in [0.3, 0.4) is 0 Å². The summed E-state index contributed by atoms with van der Waals surface area (Å²) in [6.45, 7) is 3.28. The van der Waals surface area contributed by atoms with Crippen molar-refractivity contribution in [1.82, 2.24) is 10.2 Å². The number of nitrogens with one attached hydrogen (secondary N) is 1. The molecule has 112 valence electrons. The van der Waals surface area contributed by atoms with Gasteiger partial charge in [-0.25, -0.2) is 0 Å². The lowest BCUT2D eigenvalue weighted by molar-refractivity contribution is 0.160. The molecule has 1 aromatic rings. The van der Waals surface area contributed by atoms with Crippen LogP contribution in [-0.4, -0.2) is 31.1 Å². The molecular formula is C18H30N2. The first kappa shape index (κ1) is 15.5. The number of hydrogen-bond donors (Lipinski definition) is 1. The Morgan fingerprint density at radius 2 is 1.80 bits per heavy atom. The molecule has 0 bridgehead atoms. The van der Waals surface area contributed by atoms with Gasteiger partial charge in [-0.2, -0.15) is 0 Å². The highest BCUT2D eigenvalue weighted by atomic mass is 15.2. The van der Waals surface area contributed by atoms with E-state index in [4.69, 9.17) is 0 Å². The maximum atomic E-state index is 3.56. The van der Waals surface area contributed by atoms with Gasteiger partial charge in [-0.05, 0) is 45.0 Å². The fraction of sp³-hybridized carbons (Fsp3) is 0.667. The van der Waals surface area contributed by atoms with Crippen molar-refractivity contribution in [3.05, 3.63) is 35.4 Å². The number of aryl methyl sites for hydroxylation is 1. The first-order valence-corrected chi connectivity index (χ1v) is 8.14. The third kappa shape index (κ3) is 4.07. The molecule has 1 N–H and O–H groups in total. The van der Waals surface area contributed by atoms with Gasteiger partial charge < -0.3 is 5.32 Å². The summed E-state index contributed by atoms with van der Waals surface area (Å²) in [6, 6.07) is 10.1. The summed E-state index contributed by atoms with van der Waals surface area (Å²) in [5, 5.41) is 3.56. The summed E-state index contributed by atoms with van der Waals surface area (Å²) >= 11 is 0. The summed E-state index contributed by atoms with van der Waals surface area (Å²) in [6.07, 6.45) is 8.21. The Labute approximate surface area is 124 Å². The zero-order valence-corrected chi connectivity index (χ0v) is 13.4. The van der Waals surface area contributed by atoms with Crippen LogP contribution in [0.5, 0.6) is 0 Å². The minimum absolute atomic E-state index is 0.643. The smallest absolute Gasteiger partial charge is 0.0249 e. The molecule has 1 saturated carbocycles. The first-order chi connectivity index (χ1) is 9.72. The highest BCUT2D eigenvalue weighted by Crippen LogP contribution is 2.23. The van der Waals surface area contributed by atoms with Crippen LogP contribution >= 0.6 is 0 Å². The van der Waals surface area contributed by atoms with E-state index < -0.39 is 0 Å². The van der Waals surface area contributed by atoms with Gasteiger partial charge in [0.2, 0.25) is 0 Å². The molecule has 2 heteroatoms. The third-order valence-corrected chi connectivity index (χ3v) is 4.85. The van der Waals surface area contributed by atoms with Gasteiger partial charge in [0, 0.05) is 18.6 Å². The average Bonchev–Trinajstić information content (AvgIpc) is 2.41. The summed E-state index contributed by atoms with van der Waals surface area (Å²) in [5.41, 5.74) is 2.87. The maximum Gasteiger partial charge on any atom is 0.0249 e. The molecule has 0 aromatic heterocycles. The fourth-order valence-corrected chi connectivity index (χ4v) is 3.50. The van der Waals surface area contributed by atoms with Gasteiger partial charge in [0.05, 0.1) is 0 Å².